The van der Waals surface area contributed by atoms with Crippen molar-refractivity contribution in [2.24, 2.45) is 11.8 Å². The number of carbonyl (C=O) groups is 2. The number of hydrogen-bond donors (Lipinski definition) is 3. The molecule has 3 atom stereocenters. The monoisotopic (exact) mass is 228 g/mol. The Morgan fingerprint density at radius 2 is 2.25 bits per heavy atom. The topological polar surface area (TPSA) is 78.4 Å². The van der Waals surface area contributed by atoms with Crippen molar-refractivity contribution in [3.05, 3.63) is 0 Å². The van der Waals surface area contributed by atoms with E-state index in [4.69, 9.17) is 5.11 Å². The van der Waals surface area contributed by atoms with Gasteiger partial charge in [-0.2, -0.15) is 0 Å². The number of amides is 1. The zero-order valence-corrected chi connectivity index (χ0v) is 9.82. The molecular weight excluding hydrogens is 208 g/mol. The molecule has 1 amide bonds. The SMILES string of the molecule is CC(CNC(=O)C1NCCC1C)CC(=O)O. The Morgan fingerprint density at radius 1 is 1.56 bits per heavy atom. The van der Waals surface area contributed by atoms with E-state index in [1.54, 1.807) is 0 Å². The van der Waals surface area contributed by atoms with Crippen LogP contribution in [0.3, 0.4) is 0 Å². The van der Waals surface area contributed by atoms with Crippen LogP contribution in [0.25, 0.3) is 0 Å². The molecule has 3 N–H and O–H groups in total. The average molecular weight is 228 g/mol. The van der Waals surface area contributed by atoms with Crippen molar-refractivity contribution in [3.8, 4) is 0 Å². The molecule has 1 saturated heterocycles. The largest absolute Gasteiger partial charge is 0.481 e. The fraction of sp³-hybridized carbons (Fsp3) is 0.818. The summed E-state index contributed by atoms with van der Waals surface area (Å²) in [4.78, 5) is 22.2. The van der Waals surface area contributed by atoms with Crippen LogP contribution in [0.2, 0.25) is 0 Å². The number of hydrogen-bond acceptors (Lipinski definition) is 3. The van der Waals surface area contributed by atoms with Crippen molar-refractivity contribution in [1.29, 1.82) is 0 Å². The summed E-state index contributed by atoms with van der Waals surface area (Å²) in [5, 5.41) is 14.5. The predicted molar refractivity (Wildman–Crippen MR) is 60.0 cm³/mol. The summed E-state index contributed by atoms with van der Waals surface area (Å²) < 4.78 is 0. The van der Waals surface area contributed by atoms with Crippen LogP contribution in [0, 0.1) is 11.8 Å². The Morgan fingerprint density at radius 3 is 2.75 bits per heavy atom. The van der Waals surface area contributed by atoms with Crippen LogP contribution in [0.1, 0.15) is 26.7 Å². The van der Waals surface area contributed by atoms with Crippen molar-refractivity contribution < 1.29 is 14.7 Å². The third kappa shape index (κ3) is 3.81. The van der Waals surface area contributed by atoms with Crippen LogP contribution in [0.4, 0.5) is 0 Å². The molecule has 0 saturated carbocycles. The fourth-order valence-electron chi connectivity index (χ4n) is 1.94. The zero-order valence-electron chi connectivity index (χ0n) is 9.82. The standard InChI is InChI=1S/C11H20N2O3/c1-7(5-9(14)15)6-13-11(16)10-8(2)3-4-12-10/h7-8,10,12H,3-6H2,1-2H3,(H,13,16)(H,14,15). The molecule has 1 heterocycles. The second-order valence-corrected chi connectivity index (χ2v) is 4.65. The second-order valence-electron chi connectivity index (χ2n) is 4.65. The average Bonchev–Trinajstić information content (AvgIpc) is 2.60. The molecule has 1 aliphatic heterocycles. The number of aliphatic carboxylic acids is 1. The Kier molecular flexibility index (Phi) is 4.73. The number of carboxylic acid groups (broad SMARTS) is 1. The number of carboxylic acids is 1. The summed E-state index contributed by atoms with van der Waals surface area (Å²) >= 11 is 0. The highest BCUT2D eigenvalue weighted by Gasteiger charge is 2.29. The normalized spacial score (nSPS) is 26.4. The first-order valence-electron chi connectivity index (χ1n) is 5.73. The van der Waals surface area contributed by atoms with E-state index < -0.39 is 5.97 Å². The summed E-state index contributed by atoms with van der Waals surface area (Å²) in [5.41, 5.74) is 0. The molecule has 0 aromatic rings. The van der Waals surface area contributed by atoms with Gasteiger partial charge >= 0.3 is 5.97 Å². The van der Waals surface area contributed by atoms with Crippen molar-refractivity contribution >= 4 is 11.9 Å². The van der Waals surface area contributed by atoms with E-state index in [2.05, 4.69) is 10.6 Å². The molecule has 5 heteroatoms. The number of carbonyl (C=O) groups excluding carboxylic acids is 1. The van der Waals surface area contributed by atoms with E-state index in [0.717, 1.165) is 13.0 Å². The van der Waals surface area contributed by atoms with Gasteiger partial charge in [-0.25, -0.2) is 0 Å². The Balaban J connectivity index is 2.26. The second kappa shape index (κ2) is 5.84. The van der Waals surface area contributed by atoms with Crippen LogP contribution in [0.15, 0.2) is 0 Å². The Hall–Kier alpha value is -1.10. The van der Waals surface area contributed by atoms with Crippen LogP contribution in [-0.2, 0) is 9.59 Å². The molecule has 0 spiro atoms. The van der Waals surface area contributed by atoms with Crippen molar-refractivity contribution in [1.82, 2.24) is 10.6 Å². The van der Waals surface area contributed by atoms with Crippen LogP contribution < -0.4 is 10.6 Å². The molecule has 1 aliphatic rings. The first kappa shape index (κ1) is 13.0. The van der Waals surface area contributed by atoms with Gasteiger partial charge in [-0.05, 0) is 24.8 Å². The van der Waals surface area contributed by atoms with Gasteiger partial charge < -0.3 is 15.7 Å². The highest BCUT2D eigenvalue weighted by molar-refractivity contribution is 5.82. The fourth-order valence-corrected chi connectivity index (χ4v) is 1.94. The van der Waals surface area contributed by atoms with Crippen molar-refractivity contribution in [3.63, 3.8) is 0 Å². The van der Waals surface area contributed by atoms with E-state index in [1.807, 2.05) is 13.8 Å². The maximum atomic E-state index is 11.7. The number of nitrogens with one attached hydrogen (secondary N) is 2. The van der Waals surface area contributed by atoms with E-state index in [9.17, 15) is 9.59 Å². The smallest absolute Gasteiger partial charge is 0.303 e. The third-order valence-corrected chi connectivity index (χ3v) is 2.96. The molecule has 5 nitrogen and oxygen atoms in total. The maximum absolute atomic E-state index is 11.7. The highest BCUT2D eigenvalue weighted by Crippen LogP contribution is 2.14. The summed E-state index contributed by atoms with van der Waals surface area (Å²) in [5.74, 6) is -0.510. The molecule has 16 heavy (non-hydrogen) atoms. The lowest BCUT2D eigenvalue weighted by Gasteiger charge is -2.17. The lowest BCUT2D eigenvalue weighted by Crippen LogP contribution is -2.44. The van der Waals surface area contributed by atoms with Crippen LogP contribution >= 0.6 is 0 Å². The van der Waals surface area contributed by atoms with Crippen molar-refractivity contribution in [2.45, 2.75) is 32.7 Å². The predicted octanol–water partition coefficient (Wildman–Crippen LogP) is 0.211. The summed E-state index contributed by atoms with van der Waals surface area (Å²) in [6.07, 6.45) is 1.11. The Bertz CT molecular complexity index is 268. The lowest BCUT2D eigenvalue weighted by molar-refractivity contribution is -0.138. The Labute approximate surface area is 95.6 Å². The van der Waals surface area contributed by atoms with Gasteiger partial charge in [-0.3, -0.25) is 9.59 Å². The van der Waals surface area contributed by atoms with E-state index in [-0.39, 0.29) is 24.3 Å². The van der Waals surface area contributed by atoms with Gasteiger partial charge in [0.15, 0.2) is 0 Å². The highest BCUT2D eigenvalue weighted by atomic mass is 16.4. The van der Waals surface area contributed by atoms with E-state index >= 15 is 0 Å². The molecular formula is C11H20N2O3. The van der Waals surface area contributed by atoms with Gasteiger partial charge in [0.05, 0.1) is 6.04 Å². The van der Waals surface area contributed by atoms with Gasteiger partial charge in [0, 0.05) is 13.0 Å². The van der Waals surface area contributed by atoms with Gasteiger partial charge in [0.25, 0.3) is 0 Å². The zero-order chi connectivity index (χ0) is 12.1. The van der Waals surface area contributed by atoms with Crippen LogP contribution in [-0.4, -0.2) is 36.1 Å². The minimum Gasteiger partial charge on any atom is -0.481 e. The van der Waals surface area contributed by atoms with E-state index in [0.29, 0.717) is 12.5 Å². The lowest BCUT2D eigenvalue weighted by atomic mass is 10.0. The van der Waals surface area contributed by atoms with Gasteiger partial charge in [-0.15, -0.1) is 0 Å². The van der Waals surface area contributed by atoms with E-state index in [1.165, 1.54) is 0 Å². The van der Waals surface area contributed by atoms with Gasteiger partial charge in [0.1, 0.15) is 0 Å². The molecule has 0 aromatic carbocycles. The first-order valence-corrected chi connectivity index (χ1v) is 5.73. The van der Waals surface area contributed by atoms with Gasteiger partial charge in [-0.1, -0.05) is 13.8 Å². The molecule has 1 rings (SSSR count). The van der Waals surface area contributed by atoms with Crippen LogP contribution in [0.5, 0.6) is 0 Å². The molecule has 0 radical (unpaired) electrons. The summed E-state index contributed by atoms with van der Waals surface area (Å²) in [6, 6.07) is -0.114. The first-order chi connectivity index (χ1) is 7.50. The minimum atomic E-state index is -0.825. The molecule has 3 unspecified atom stereocenters. The summed E-state index contributed by atoms with van der Waals surface area (Å²) in [7, 11) is 0. The summed E-state index contributed by atoms with van der Waals surface area (Å²) in [6.45, 7) is 5.17. The molecule has 92 valence electrons. The quantitative estimate of drug-likeness (QED) is 0.628. The number of rotatable bonds is 5. The van der Waals surface area contributed by atoms with Crippen molar-refractivity contribution in [2.75, 3.05) is 13.1 Å². The third-order valence-electron chi connectivity index (χ3n) is 2.96. The maximum Gasteiger partial charge on any atom is 0.303 e. The molecule has 0 aromatic heterocycles. The van der Waals surface area contributed by atoms with Gasteiger partial charge in [0.2, 0.25) is 5.91 Å². The molecule has 0 aliphatic carbocycles. The minimum absolute atomic E-state index is 0.0118. The molecule has 1 fully saturated rings. The molecule has 0 bridgehead atoms.